The SMILES string of the molecule is CC(=O)NC1C(OP(=O)(O)OP(=O)(O)OCC=C(C)CC=C(C)CC=C(C)CC=C(C)CC=C(C)CC=C(C)CC=C(C)CC=C(C)CC=C(C)CC=C(C)CCC=C(C)C)OC(CO)C(O)C1O. The van der Waals surface area contributed by atoms with Gasteiger partial charge in [0.15, 0.2) is 6.29 Å². The van der Waals surface area contributed by atoms with Gasteiger partial charge in [-0.15, -0.1) is 0 Å². The van der Waals surface area contributed by atoms with E-state index in [9.17, 15) is 39.0 Å². The fourth-order valence-electron chi connectivity index (χ4n) is 6.60. The van der Waals surface area contributed by atoms with E-state index in [2.05, 4.69) is 134 Å². The van der Waals surface area contributed by atoms with Crippen LogP contribution in [-0.4, -0.2) is 74.9 Å². The monoisotopic (exact) mass is 1000 g/mol. The van der Waals surface area contributed by atoms with Crippen LogP contribution in [0.4, 0.5) is 0 Å². The van der Waals surface area contributed by atoms with E-state index in [-0.39, 0.29) is 0 Å². The normalized spacial score (nSPS) is 22.9. The quantitative estimate of drug-likeness (QED) is 0.0294. The zero-order valence-corrected chi connectivity index (χ0v) is 45.7. The largest absolute Gasteiger partial charge is 0.483 e. The molecule has 0 aromatic heterocycles. The molecule has 6 N–H and O–H groups in total. The lowest BCUT2D eigenvalue weighted by molar-refractivity contribution is -0.247. The molecule has 7 atom stereocenters. The number of hydrogen-bond donors (Lipinski definition) is 6. The summed E-state index contributed by atoms with van der Waals surface area (Å²) in [7, 11) is -10.6. The van der Waals surface area contributed by atoms with Crippen molar-refractivity contribution in [1.29, 1.82) is 0 Å². The van der Waals surface area contributed by atoms with Gasteiger partial charge < -0.3 is 35.2 Å². The van der Waals surface area contributed by atoms with Gasteiger partial charge in [0.2, 0.25) is 5.91 Å². The van der Waals surface area contributed by atoms with Crippen LogP contribution < -0.4 is 5.32 Å². The number of carbonyl (C=O) groups excluding carboxylic acids is 1. The minimum Gasteiger partial charge on any atom is -0.394 e. The van der Waals surface area contributed by atoms with Crippen molar-refractivity contribution in [2.75, 3.05) is 13.2 Å². The third kappa shape index (κ3) is 30.3. The number of ether oxygens (including phenoxy) is 1. The van der Waals surface area contributed by atoms with Gasteiger partial charge in [0.25, 0.3) is 0 Å². The summed E-state index contributed by atoms with van der Waals surface area (Å²) < 4.78 is 44.4. The molecule has 7 unspecified atom stereocenters. The number of allylic oxidation sites excluding steroid dienone is 21. The molecule has 1 amide bonds. The van der Waals surface area contributed by atoms with Crippen LogP contribution >= 0.6 is 15.6 Å². The Kier molecular flexibility index (Phi) is 30.8. The highest BCUT2D eigenvalue weighted by atomic mass is 31.3. The third-order valence-corrected chi connectivity index (χ3v) is 14.0. The zero-order valence-electron chi connectivity index (χ0n) is 43.9. The molecule has 13 nitrogen and oxygen atoms in total. The van der Waals surface area contributed by atoms with Crippen molar-refractivity contribution >= 4 is 21.6 Å². The van der Waals surface area contributed by atoms with Crippen LogP contribution in [0.1, 0.15) is 161 Å². The number of hydrogen-bond acceptors (Lipinski definition) is 10. The van der Waals surface area contributed by atoms with E-state index >= 15 is 0 Å². The smallest absolute Gasteiger partial charge is 0.394 e. The van der Waals surface area contributed by atoms with Gasteiger partial charge >= 0.3 is 15.6 Å². The second-order valence-electron chi connectivity index (χ2n) is 19.0. The van der Waals surface area contributed by atoms with Crippen LogP contribution in [0.5, 0.6) is 0 Å². The van der Waals surface area contributed by atoms with E-state index in [0.717, 1.165) is 82.3 Å². The van der Waals surface area contributed by atoms with E-state index in [1.807, 2.05) is 13.0 Å². The van der Waals surface area contributed by atoms with E-state index < -0.39 is 65.4 Å². The molecule has 0 radical (unpaired) electrons. The Balaban J connectivity index is 2.55. The predicted molar refractivity (Wildman–Crippen MR) is 281 cm³/mol. The molecular formula is C54H87NO12P2. The molecule has 0 bridgehead atoms. The first-order valence-corrected chi connectivity index (χ1v) is 27.0. The van der Waals surface area contributed by atoms with Crippen LogP contribution in [0, 0.1) is 0 Å². The van der Waals surface area contributed by atoms with Crippen molar-refractivity contribution in [1.82, 2.24) is 5.32 Å². The summed E-state index contributed by atoms with van der Waals surface area (Å²) >= 11 is 0. The first-order chi connectivity index (χ1) is 32.2. The van der Waals surface area contributed by atoms with Gasteiger partial charge in [-0.3, -0.25) is 13.8 Å². The maximum absolute atomic E-state index is 12.6. The van der Waals surface area contributed by atoms with Gasteiger partial charge in [-0.25, -0.2) is 9.13 Å². The summed E-state index contributed by atoms with van der Waals surface area (Å²) in [5.41, 5.74) is 14.3. The van der Waals surface area contributed by atoms with Gasteiger partial charge in [0.1, 0.15) is 24.4 Å². The summed E-state index contributed by atoms with van der Waals surface area (Å²) in [5, 5.41) is 32.1. The molecule has 390 valence electrons. The molecule has 0 spiro atoms. The number of aliphatic hydroxyl groups excluding tert-OH is 3. The first kappa shape index (κ1) is 63.7. The van der Waals surface area contributed by atoms with E-state index in [1.165, 1.54) is 56.2 Å². The molecule has 1 aliphatic rings. The van der Waals surface area contributed by atoms with Crippen LogP contribution in [0.2, 0.25) is 0 Å². The predicted octanol–water partition coefficient (Wildman–Crippen LogP) is 12.9. The molecular weight excluding hydrogens is 917 g/mol. The Morgan fingerprint density at radius 2 is 0.870 bits per heavy atom. The number of carbonyl (C=O) groups is 1. The molecule has 0 aliphatic carbocycles. The fraction of sp³-hybridized carbons (Fsp3) is 0.574. The summed E-state index contributed by atoms with van der Waals surface area (Å²) in [5.74, 6) is -0.712. The summed E-state index contributed by atoms with van der Waals surface area (Å²) in [6.07, 6.45) is 27.8. The summed E-state index contributed by atoms with van der Waals surface area (Å²) in [6.45, 7) is 25.6. The fourth-order valence-corrected chi connectivity index (χ4v) is 8.69. The van der Waals surface area contributed by atoms with Crippen molar-refractivity contribution in [3.63, 3.8) is 0 Å². The second-order valence-corrected chi connectivity index (χ2v) is 22.0. The topological polar surface area (TPSA) is 201 Å². The molecule has 1 heterocycles. The van der Waals surface area contributed by atoms with E-state index in [4.69, 9.17) is 13.8 Å². The van der Waals surface area contributed by atoms with E-state index in [0.29, 0.717) is 6.42 Å². The standard InChI is InChI=1S/C54H87NO12P2/c1-38(2)15-14-16-39(3)17-18-40(4)19-20-41(5)21-22-42(6)23-24-43(7)25-26-44(8)27-28-45(9)29-30-46(10)31-32-47(11)33-34-48(12)35-36-64-68(60,61)67-69(62,63)66-54-51(55-49(13)57)53(59)52(58)50(37-56)65-54/h15,17,19,21,23,25,27,29,31,33,35,50-54,56,58-59H,14,16,18,20,22,24,26,28,30,32,34,36-37H2,1-13H3,(H,55,57)(H,60,61)(H,62,63). The lowest BCUT2D eigenvalue weighted by Gasteiger charge is -2.42. The number of phosphoric ester groups is 2. The second kappa shape index (κ2) is 33.4. The van der Waals surface area contributed by atoms with Gasteiger partial charge in [-0.05, 0) is 154 Å². The Hall–Kier alpha value is -3.29. The molecule has 1 saturated heterocycles. The van der Waals surface area contributed by atoms with Gasteiger partial charge in [-0.1, -0.05) is 128 Å². The summed E-state index contributed by atoms with van der Waals surface area (Å²) in [4.78, 5) is 31.9. The van der Waals surface area contributed by atoms with Crippen LogP contribution in [0.25, 0.3) is 0 Å². The minimum atomic E-state index is -5.43. The number of nitrogens with one attached hydrogen (secondary N) is 1. The third-order valence-electron chi connectivity index (χ3n) is 11.4. The molecule has 0 saturated carbocycles. The molecule has 15 heteroatoms. The lowest BCUT2D eigenvalue weighted by Crippen LogP contribution is -2.64. The number of rotatable bonds is 30. The molecule has 0 aromatic rings. The lowest BCUT2D eigenvalue weighted by atomic mass is 9.97. The molecule has 0 aromatic carbocycles. The summed E-state index contributed by atoms with van der Waals surface area (Å²) in [6, 6.07) is -1.59. The first-order valence-electron chi connectivity index (χ1n) is 24.0. The number of phosphoric acid groups is 2. The average Bonchev–Trinajstić information content (AvgIpc) is 3.26. The minimum absolute atomic E-state index is 0.431. The van der Waals surface area contributed by atoms with Crippen LogP contribution in [0.15, 0.2) is 128 Å². The van der Waals surface area contributed by atoms with Crippen molar-refractivity contribution < 1.29 is 57.1 Å². The highest BCUT2D eigenvalue weighted by molar-refractivity contribution is 7.61. The van der Waals surface area contributed by atoms with Crippen molar-refractivity contribution in [3.05, 3.63) is 128 Å². The number of aliphatic hydroxyl groups is 3. The maximum Gasteiger partial charge on any atom is 0.483 e. The Morgan fingerprint density at radius 3 is 1.20 bits per heavy atom. The molecule has 1 fully saturated rings. The highest BCUT2D eigenvalue weighted by Gasteiger charge is 2.49. The van der Waals surface area contributed by atoms with Crippen molar-refractivity contribution in [2.45, 2.75) is 191 Å². The Labute approximate surface area is 415 Å². The molecule has 69 heavy (non-hydrogen) atoms. The number of amides is 1. The Morgan fingerprint density at radius 1 is 0.522 bits per heavy atom. The molecule has 1 aliphatic heterocycles. The molecule has 1 rings (SSSR count). The zero-order chi connectivity index (χ0) is 52.3. The van der Waals surface area contributed by atoms with Crippen molar-refractivity contribution in [3.8, 4) is 0 Å². The van der Waals surface area contributed by atoms with Gasteiger partial charge in [0.05, 0.1) is 13.2 Å². The van der Waals surface area contributed by atoms with Crippen molar-refractivity contribution in [2.24, 2.45) is 0 Å². The Bertz CT molecular complexity index is 2100. The van der Waals surface area contributed by atoms with Crippen LogP contribution in [0.3, 0.4) is 0 Å². The highest BCUT2D eigenvalue weighted by Crippen LogP contribution is 2.61. The van der Waals surface area contributed by atoms with Gasteiger partial charge in [0, 0.05) is 6.92 Å². The average molecular weight is 1000 g/mol. The van der Waals surface area contributed by atoms with Gasteiger partial charge in [-0.2, -0.15) is 4.31 Å². The van der Waals surface area contributed by atoms with E-state index in [1.54, 1.807) is 6.92 Å². The maximum atomic E-state index is 12.6. The van der Waals surface area contributed by atoms with Crippen LogP contribution in [-0.2, 0) is 32.0 Å².